The largest absolute Gasteiger partial charge is 0.417 e. The Morgan fingerprint density at radius 2 is 1.82 bits per heavy atom. The van der Waals surface area contributed by atoms with E-state index in [2.05, 4.69) is 15.0 Å². The van der Waals surface area contributed by atoms with Crippen LogP contribution in [-0.2, 0) is 16.4 Å². The molecule has 3 aromatic rings. The van der Waals surface area contributed by atoms with Gasteiger partial charge in [-0.05, 0) is 54.6 Å². The molecule has 1 aliphatic heterocycles. The van der Waals surface area contributed by atoms with Crippen molar-refractivity contribution in [1.82, 2.24) is 9.71 Å². The first kappa shape index (κ1) is 23.0. The average Bonchev–Trinajstić information content (AvgIpc) is 3.13. The second-order valence-corrected chi connectivity index (χ2v) is 9.18. The second kappa shape index (κ2) is 8.65. The number of rotatable bonds is 4. The zero-order valence-electron chi connectivity index (χ0n) is 16.7. The maximum atomic E-state index is 12.8. The quantitative estimate of drug-likeness (QED) is 0.562. The first-order chi connectivity index (χ1) is 15.5. The zero-order chi connectivity index (χ0) is 23.8. The SMILES string of the molecule is O=C(Nc1ccc(Cl)c(-c2ccc(C(F)(F)F)cn2)c1)c1ccc(N2CCNS2(=O)=O)cc1. The summed E-state index contributed by atoms with van der Waals surface area (Å²) in [6.45, 7) is 0.594. The van der Waals surface area contributed by atoms with Gasteiger partial charge < -0.3 is 5.32 Å². The molecular weight excluding hydrogens is 481 g/mol. The van der Waals surface area contributed by atoms with Gasteiger partial charge in [-0.3, -0.25) is 14.1 Å². The molecule has 0 saturated carbocycles. The standard InChI is InChI=1S/C21H16ClF3N4O3S/c22-18-7-4-15(11-17(18)19-8-3-14(12-26-19)21(23,24)25)28-20(30)13-1-5-16(6-2-13)29-10-9-27-33(29,31)32/h1-8,11-12,27H,9-10H2,(H,28,30). The van der Waals surface area contributed by atoms with Crippen molar-refractivity contribution in [1.29, 1.82) is 0 Å². The number of carbonyl (C=O) groups is 1. The Labute approximate surface area is 192 Å². The van der Waals surface area contributed by atoms with Crippen molar-refractivity contribution in [3.8, 4) is 11.3 Å². The van der Waals surface area contributed by atoms with Crippen LogP contribution in [0.3, 0.4) is 0 Å². The summed E-state index contributed by atoms with van der Waals surface area (Å²) in [4.78, 5) is 16.5. The molecule has 2 N–H and O–H groups in total. The molecule has 0 radical (unpaired) electrons. The Hall–Kier alpha value is -3.15. The highest BCUT2D eigenvalue weighted by Gasteiger charge is 2.31. The first-order valence-electron chi connectivity index (χ1n) is 9.56. The summed E-state index contributed by atoms with van der Waals surface area (Å²) in [5, 5.41) is 2.94. The molecule has 172 valence electrons. The lowest BCUT2D eigenvalue weighted by molar-refractivity contribution is -0.137. The highest BCUT2D eigenvalue weighted by molar-refractivity contribution is 7.91. The number of anilines is 2. The molecule has 1 fully saturated rings. The molecule has 0 bridgehead atoms. The lowest BCUT2D eigenvalue weighted by atomic mass is 10.1. The van der Waals surface area contributed by atoms with Gasteiger partial charge >= 0.3 is 16.4 Å². The molecule has 0 aliphatic carbocycles. The van der Waals surface area contributed by atoms with Gasteiger partial charge in [-0.1, -0.05) is 11.6 Å². The molecule has 1 saturated heterocycles. The predicted octanol–water partition coefficient (Wildman–Crippen LogP) is 4.33. The van der Waals surface area contributed by atoms with Crippen LogP contribution in [0.1, 0.15) is 15.9 Å². The van der Waals surface area contributed by atoms with Crippen LogP contribution in [-0.4, -0.2) is 32.4 Å². The van der Waals surface area contributed by atoms with Gasteiger partial charge in [0, 0.05) is 36.1 Å². The van der Waals surface area contributed by atoms with E-state index in [-0.39, 0.29) is 16.3 Å². The first-order valence-corrected chi connectivity index (χ1v) is 11.4. The summed E-state index contributed by atoms with van der Waals surface area (Å²) < 4.78 is 65.8. The number of amides is 1. The molecule has 1 aliphatic rings. The van der Waals surface area contributed by atoms with Crippen LogP contribution < -0.4 is 14.3 Å². The maximum Gasteiger partial charge on any atom is 0.417 e. The van der Waals surface area contributed by atoms with Gasteiger partial charge in [0.2, 0.25) is 0 Å². The fraction of sp³-hybridized carbons (Fsp3) is 0.143. The fourth-order valence-corrected chi connectivity index (χ4v) is 4.70. The van der Waals surface area contributed by atoms with Crippen molar-refractivity contribution in [3.05, 3.63) is 76.9 Å². The van der Waals surface area contributed by atoms with E-state index in [1.807, 2.05) is 0 Å². The van der Waals surface area contributed by atoms with E-state index >= 15 is 0 Å². The number of hydrogen-bond donors (Lipinski definition) is 2. The zero-order valence-corrected chi connectivity index (χ0v) is 18.3. The van der Waals surface area contributed by atoms with Crippen molar-refractivity contribution in [2.45, 2.75) is 6.18 Å². The summed E-state index contributed by atoms with van der Waals surface area (Å²) >= 11 is 6.18. The Bertz CT molecular complexity index is 1300. The van der Waals surface area contributed by atoms with E-state index in [4.69, 9.17) is 11.6 Å². The number of nitrogens with one attached hydrogen (secondary N) is 2. The number of alkyl halides is 3. The van der Waals surface area contributed by atoms with E-state index in [1.54, 1.807) is 6.07 Å². The minimum absolute atomic E-state index is 0.217. The number of carbonyl (C=O) groups excluding carboxylic acids is 1. The third kappa shape index (κ3) is 4.95. The monoisotopic (exact) mass is 496 g/mol. The number of nitrogens with zero attached hydrogens (tertiary/aromatic N) is 2. The number of aromatic nitrogens is 1. The van der Waals surface area contributed by atoms with Crippen molar-refractivity contribution in [2.75, 3.05) is 22.7 Å². The number of pyridine rings is 1. The van der Waals surface area contributed by atoms with Gasteiger partial charge in [0.25, 0.3) is 5.91 Å². The Kier molecular flexibility index (Phi) is 6.04. The Morgan fingerprint density at radius 1 is 1.09 bits per heavy atom. The topological polar surface area (TPSA) is 91.4 Å². The molecular formula is C21H16ClF3N4O3S. The Balaban J connectivity index is 1.52. The normalized spacial score (nSPS) is 15.5. The van der Waals surface area contributed by atoms with Gasteiger partial charge in [0.1, 0.15) is 0 Å². The second-order valence-electron chi connectivity index (χ2n) is 7.10. The summed E-state index contributed by atoms with van der Waals surface area (Å²) in [5.41, 5.74) is 0.759. The molecule has 0 unspecified atom stereocenters. The minimum atomic E-state index is -4.50. The van der Waals surface area contributed by atoms with E-state index < -0.39 is 27.9 Å². The smallest absolute Gasteiger partial charge is 0.322 e. The van der Waals surface area contributed by atoms with Crippen molar-refractivity contribution >= 4 is 39.1 Å². The van der Waals surface area contributed by atoms with Crippen molar-refractivity contribution in [3.63, 3.8) is 0 Å². The predicted molar refractivity (Wildman–Crippen MR) is 118 cm³/mol. The van der Waals surface area contributed by atoms with E-state index in [1.165, 1.54) is 46.8 Å². The third-order valence-electron chi connectivity index (χ3n) is 4.90. The number of halogens is 4. The van der Waals surface area contributed by atoms with Gasteiger partial charge in [0.05, 0.1) is 22.0 Å². The molecule has 33 heavy (non-hydrogen) atoms. The Morgan fingerprint density at radius 3 is 2.39 bits per heavy atom. The molecule has 0 atom stereocenters. The average molecular weight is 497 g/mol. The lowest BCUT2D eigenvalue weighted by Gasteiger charge is -2.16. The van der Waals surface area contributed by atoms with Gasteiger partial charge in [-0.25, -0.2) is 0 Å². The van der Waals surface area contributed by atoms with Crippen LogP contribution in [0.5, 0.6) is 0 Å². The molecule has 0 spiro atoms. The molecule has 2 heterocycles. The summed E-state index contributed by atoms with van der Waals surface area (Å²) in [6.07, 6.45) is -3.79. The van der Waals surface area contributed by atoms with Gasteiger partial charge in [0.15, 0.2) is 0 Å². The van der Waals surface area contributed by atoms with Crippen molar-refractivity contribution in [2.24, 2.45) is 0 Å². The molecule has 1 amide bonds. The molecule has 12 heteroatoms. The number of benzene rings is 2. The van der Waals surface area contributed by atoms with Gasteiger partial charge in [-0.15, -0.1) is 0 Å². The van der Waals surface area contributed by atoms with Crippen LogP contribution in [0.25, 0.3) is 11.3 Å². The lowest BCUT2D eigenvalue weighted by Crippen LogP contribution is -2.29. The molecule has 7 nitrogen and oxygen atoms in total. The van der Waals surface area contributed by atoms with Crippen molar-refractivity contribution < 1.29 is 26.4 Å². The maximum absolute atomic E-state index is 12.8. The van der Waals surface area contributed by atoms with Gasteiger partial charge in [-0.2, -0.15) is 26.3 Å². The molecule has 1 aromatic heterocycles. The highest BCUT2D eigenvalue weighted by atomic mass is 35.5. The van der Waals surface area contributed by atoms with E-state index in [9.17, 15) is 26.4 Å². The highest BCUT2D eigenvalue weighted by Crippen LogP contribution is 2.33. The van der Waals surface area contributed by atoms with Crippen LogP contribution in [0.15, 0.2) is 60.8 Å². The molecule has 2 aromatic carbocycles. The summed E-state index contributed by atoms with van der Waals surface area (Å²) in [6, 6.07) is 12.7. The van der Waals surface area contributed by atoms with Crippen LogP contribution in [0.2, 0.25) is 5.02 Å². The van der Waals surface area contributed by atoms with Crippen LogP contribution in [0, 0.1) is 0 Å². The summed E-state index contributed by atoms with van der Waals surface area (Å²) in [5.74, 6) is -0.461. The third-order valence-corrected chi connectivity index (χ3v) is 6.77. The number of hydrogen-bond acceptors (Lipinski definition) is 4. The van der Waals surface area contributed by atoms with Crippen LogP contribution >= 0.6 is 11.6 Å². The van der Waals surface area contributed by atoms with E-state index in [0.717, 1.165) is 6.07 Å². The summed E-state index contributed by atoms with van der Waals surface area (Å²) in [7, 11) is -3.57. The minimum Gasteiger partial charge on any atom is -0.322 e. The molecule has 4 rings (SSSR count). The van der Waals surface area contributed by atoms with E-state index in [0.29, 0.717) is 36.2 Å². The fourth-order valence-electron chi connectivity index (χ4n) is 3.24. The van der Waals surface area contributed by atoms with Crippen LogP contribution in [0.4, 0.5) is 24.5 Å².